The fourth-order valence-corrected chi connectivity index (χ4v) is 5.07. The van der Waals surface area contributed by atoms with Gasteiger partial charge >= 0.3 is 12.2 Å². The van der Waals surface area contributed by atoms with Crippen LogP contribution in [0.1, 0.15) is 46.1 Å². The van der Waals surface area contributed by atoms with E-state index in [1.165, 1.54) is 0 Å². The number of hydrogen-bond acceptors (Lipinski definition) is 9. The molecule has 2 aromatic heterocycles. The molecule has 0 radical (unpaired) electrons. The number of piperidine rings is 1. The van der Waals surface area contributed by atoms with Crippen LogP contribution < -0.4 is 15.4 Å². The molecule has 5 rings (SSSR count). The van der Waals surface area contributed by atoms with E-state index in [1.807, 2.05) is 70.2 Å². The quantitative estimate of drug-likeness (QED) is 0.227. The Morgan fingerprint density at radius 2 is 1.86 bits per heavy atom. The number of benzene rings is 2. The van der Waals surface area contributed by atoms with Gasteiger partial charge in [-0.05, 0) is 77.3 Å². The smallest absolute Gasteiger partial charge is 0.411 e. The van der Waals surface area contributed by atoms with Crippen LogP contribution in [0.3, 0.4) is 0 Å². The van der Waals surface area contributed by atoms with Gasteiger partial charge in [-0.3, -0.25) is 5.32 Å². The Kier molecular flexibility index (Phi) is 9.12. The van der Waals surface area contributed by atoms with Crippen molar-refractivity contribution in [1.29, 1.82) is 0 Å². The van der Waals surface area contributed by atoms with Crippen LogP contribution in [0.15, 0.2) is 60.9 Å². The molecule has 1 aliphatic rings. The van der Waals surface area contributed by atoms with E-state index in [9.17, 15) is 9.59 Å². The number of likely N-dealkylation sites (tertiary alicyclic amines) is 1. The molecular formula is C33H38N6O5. The molecule has 1 atom stereocenters. The molecule has 0 bridgehead atoms. The summed E-state index contributed by atoms with van der Waals surface area (Å²) in [7, 11) is 0. The number of rotatable bonds is 7. The summed E-state index contributed by atoms with van der Waals surface area (Å²) in [5, 5.41) is 7.82. The Hall–Kier alpha value is -4.93. The maximum atomic E-state index is 12.6. The van der Waals surface area contributed by atoms with Crippen molar-refractivity contribution in [3.63, 3.8) is 0 Å². The van der Waals surface area contributed by atoms with E-state index in [1.54, 1.807) is 30.3 Å². The second-order valence-corrected chi connectivity index (χ2v) is 11.6. The number of nitrogens with zero attached hydrogens (tertiary/aromatic N) is 4. The van der Waals surface area contributed by atoms with Crippen molar-refractivity contribution in [2.75, 3.05) is 30.3 Å². The molecule has 0 saturated carbocycles. The number of anilines is 2. The highest BCUT2D eigenvalue weighted by atomic mass is 16.6. The number of pyridine rings is 1. The first-order valence-electron chi connectivity index (χ1n) is 14.8. The summed E-state index contributed by atoms with van der Waals surface area (Å²) in [6.45, 7) is 10.7. The maximum absolute atomic E-state index is 12.6. The fourth-order valence-electron chi connectivity index (χ4n) is 5.07. The lowest BCUT2D eigenvalue weighted by atomic mass is 10.0. The van der Waals surface area contributed by atoms with Crippen LogP contribution in [0.4, 0.5) is 21.2 Å². The van der Waals surface area contributed by atoms with E-state index in [-0.39, 0.29) is 18.7 Å². The van der Waals surface area contributed by atoms with Crippen LogP contribution >= 0.6 is 0 Å². The summed E-state index contributed by atoms with van der Waals surface area (Å²) < 4.78 is 17.1. The van der Waals surface area contributed by atoms with Crippen LogP contribution in [0.2, 0.25) is 0 Å². The molecule has 44 heavy (non-hydrogen) atoms. The number of carbonyl (C=O) groups is 2. The molecule has 11 heteroatoms. The van der Waals surface area contributed by atoms with Gasteiger partial charge in [0.05, 0.1) is 23.6 Å². The zero-order valence-corrected chi connectivity index (χ0v) is 25.7. The Labute approximate surface area is 257 Å². The summed E-state index contributed by atoms with van der Waals surface area (Å²) in [6.07, 6.45) is 4.24. The van der Waals surface area contributed by atoms with Gasteiger partial charge in [0, 0.05) is 42.3 Å². The average Bonchev–Trinajstić information content (AvgIpc) is 2.98. The first-order chi connectivity index (χ1) is 21.1. The molecule has 3 heterocycles. The number of hydrogen-bond donors (Lipinski definition) is 2. The number of ether oxygens (including phenoxy) is 3. The Balaban J connectivity index is 1.38. The van der Waals surface area contributed by atoms with E-state index in [4.69, 9.17) is 19.2 Å². The zero-order chi connectivity index (χ0) is 31.3. The summed E-state index contributed by atoms with van der Waals surface area (Å²) in [5.74, 6) is 1.45. The molecule has 2 amide bonds. The van der Waals surface area contributed by atoms with E-state index in [2.05, 4.69) is 20.6 Å². The minimum Gasteiger partial charge on any atom is -0.450 e. The predicted molar refractivity (Wildman–Crippen MR) is 169 cm³/mol. The molecule has 0 unspecified atom stereocenters. The molecule has 2 aromatic carbocycles. The Morgan fingerprint density at radius 3 is 2.66 bits per heavy atom. The molecule has 0 spiro atoms. The normalized spacial score (nSPS) is 15.0. The number of nitrogens with one attached hydrogen (secondary N) is 2. The Bertz CT molecular complexity index is 1650. The van der Waals surface area contributed by atoms with Crippen molar-refractivity contribution >= 4 is 34.6 Å². The first-order valence-corrected chi connectivity index (χ1v) is 14.8. The Morgan fingerprint density at radius 1 is 1.02 bits per heavy atom. The minimum atomic E-state index is -0.551. The second kappa shape index (κ2) is 13.2. The lowest BCUT2D eigenvalue weighted by Gasteiger charge is -2.34. The van der Waals surface area contributed by atoms with Gasteiger partial charge in [-0.1, -0.05) is 24.3 Å². The van der Waals surface area contributed by atoms with Gasteiger partial charge in [0.2, 0.25) is 11.8 Å². The third kappa shape index (κ3) is 7.34. The van der Waals surface area contributed by atoms with E-state index < -0.39 is 11.7 Å². The monoisotopic (exact) mass is 598 g/mol. The predicted octanol–water partition coefficient (Wildman–Crippen LogP) is 7.17. The maximum Gasteiger partial charge on any atom is 0.411 e. The van der Waals surface area contributed by atoms with Crippen LogP contribution in [-0.2, 0) is 9.47 Å². The van der Waals surface area contributed by atoms with Gasteiger partial charge in [0.25, 0.3) is 0 Å². The summed E-state index contributed by atoms with van der Waals surface area (Å²) >= 11 is 0. The van der Waals surface area contributed by atoms with E-state index in [0.717, 1.165) is 29.2 Å². The minimum absolute atomic E-state index is 0.0214. The van der Waals surface area contributed by atoms with Crippen LogP contribution in [-0.4, -0.2) is 63.4 Å². The average molecular weight is 599 g/mol. The van der Waals surface area contributed by atoms with Gasteiger partial charge in [-0.2, -0.15) is 0 Å². The number of fused-ring (bicyclic) bond motifs is 1. The number of aromatic nitrogens is 3. The van der Waals surface area contributed by atoms with Gasteiger partial charge in [0.15, 0.2) is 0 Å². The van der Waals surface area contributed by atoms with Crippen LogP contribution in [0.5, 0.6) is 11.6 Å². The topological polar surface area (TPSA) is 128 Å². The van der Waals surface area contributed by atoms with Crippen molar-refractivity contribution in [3.8, 4) is 22.9 Å². The van der Waals surface area contributed by atoms with Crippen molar-refractivity contribution < 1.29 is 23.8 Å². The molecule has 11 nitrogen and oxygen atoms in total. The first kappa shape index (κ1) is 30.5. The lowest BCUT2D eigenvalue weighted by Crippen LogP contribution is -2.47. The fraction of sp³-hybridized carbons (Fsp3) is 0.364. The van der Waals surface area contributed by atoms with Gasteiger partial charge < -0.3 is 24.4 Å². The highest BCUT2D eigenvalue weighted by Crippen LogP contribution is 2.38. The SMILES string of the molecule is CCOC(=O)Nc1cccc2c(Oc3ncccc3-c3ccnc(N[C@H]4CCCN(C(=O)OC(C)(C)C)C4)n3)c(C)ccc12. The summed E-state index contributed by atoms with van der Waals surface area (Å²) in [4.78, 5) is 40.3. The standard InChI is InChI=1S/C33H38N6O5/c1-6-42-31(40)38-26-13-7-11-24-23(26)15-14-21(2)28(24)43-29-25(12-8-17-34-29)27-16-18-35-30(37-27)36-22-10-9-19-39(20-22)32(41)44-33(3,4)5/h7-8,11-18,22H,6,9-10,19-20H2,1-5H3,(H,38,40)(H,35,36,37)/t22-/m0/s1. The second-order valence-electron chi connectivity index (χ2n) is 11.6. The third-order valence-corrected chi connectivity index (χ3v) is 7.03. The largest absolute Gasteiger partial charge is 0.450 e. The molecule has 1 aliphatic heterocycles. The molecule has 0 aliphatic carbocycles. The van der Waals surface area contributed by atoms with E-state index >= 15 is 0 Å². The van der Waals surface area contributed by atoms with Crippen LogP contribution in [0.25, 0.3) is 22.0 Å². The number of amides is 2. The van der Waals surface area contributed by atoms with Gasteiger partial charge in [-0.15, -0.1) is 0 Å². The lowest BCUT2D eigenvalue weighted by molar-refractivity contribution is 0.0206. The third-order valence-electron chi connectivity index (χ3n) is 7.03. The zero-order valence-electron chi connectivity index (χ0n) is 25.7. The molecule has 2 N–H and O–H groups in total. The highest BCUT2D eigenvalue weighted by Gasteiger charge is 2.28. The molecule has 4 aromatic rings. The van der Waals surface area contributed by atoms with Gasteiger partial charge in [-0.25, -0.2) is 24.5 Å². The molecule has 1 saturated heterocycles. The van der Waals surface area contributed by atoms with Gasteiger partial charge in [0.1, 0.15) is 11.4 Å². The van der Waals surface area contributed by atoms with Crippen molar-refractivity contribution in [3.05, 3.63) is 66.5 Å². The molecule has 230 valence electrons. The highest BCUT2D eigenvalue weighted by molar-refractivity contribution is 6.03. The number of carbonyl (C=O) groups excluding carboxylic acids is 2. The van der Waals surface area contributed by atoms with Crippen molar-refractivity contribution in [2.24, 2.45) is 0 Å². The summed E-state index contributed by atoms with van der Waals surface area (Å²) in [5.41, 5.74) is 2.29. The molecular weight excluding hydrogens is 560 g/mol. The molecule has 1 fully saturated rings. The van der Waals surface area contributed by atoms with Crippen molar-refractivity contribution in [2.45, 2.75) is 59.1 Å². The van der Waals surface area contributed by atoms with E-state index in [0.29, 0.717) is 47.6 Å². The van der Waals surface area contributed by atoms with Crippen LogP contribution in [0, 0.1) is 6.92 Å². The number of aryl methyl sites for hydroxylation is 1. The van der Waals surface area contributed by atoms with Crippen molar-refractivity contribution in [1.82, 2.24) is 19.9 Å². The summed E-state index contributed by atoms with van der Waals surface area (Å²) in [6, 6.07) is 15.0.